The number of ether oxygens (including phenoxy) is 1. The molecular weight excluding hydrogens is 264 g/mol. The molecule has 0 aliphatic carbocycles. The van der Waals surface area contributed by atoms with Crippen LogP contribution in [0.2, 0.25) is 0 Å². The highest BCUT2D eigenvalue weighted by molar-refractivity contribution is 5.82. The maximum absolute atomic E-state index is 12.6. The van der Waals surface area contributed by atoms with Crippen molar-refractivity contribution in [1.82, 2.24) is 4.90 Å². The van der Waals surface area contributed by atoms with Crippen LogP contribution in [-0.2, 0) is 16.0 Å². The van der Waals surface area contributed by atoms with E-state index in [-0.39, 0.29) is 18.1 Å². The van der Waals surface area contributed by atoms with Gasteiger partial charge in [0.25, 0.3) is 0 Å². The van der Waals surface area contributed by atoms with Gasteiger partial charge in [-0.25, -0.2) is 0 Å². The molecule has 0 spiro atoms. The molecule has 2 heterocycles. The Morgan fingerprint density at radius 1 is 1.24 bits per heavy atom. The first kappa shape index (κ1) is 14.4. The lowest BCUT2D eigenvalue weighted by Gasteiger charge is -2.37. The Balaban J connectivity index is 1.68. The highest BCUT2D eigenvalue weighted by Crippen LogP contribution is 2.26. The van der Waals surface area contributed by atoms with E-state index in [1.54, 1.807) is 0 Å². The van der Waals surface area contributed by atoms with Gasteiger partial charge in [0.2, 0.25) is 5.91 Å². The molecule has 21 heavy (non-hydrogen) atoms. The molecule has 4 heteroatoms. The zero-order chi connectivity index (χ0) is 14.8. The smallest absolute Gasteiger partial charge is 0.242 e. The number of carbonyl (C=O) groups is 1. The first-order valence-corrected chi connectivity index (χ1v) is 7.89. The van der Waals surface area contributed by atoms with Crippen LogP contribution in [0.1, 0.15) is 25.8 Å². The number of fused-ring (bicyclic) bond motifs is 1. The number of morpholine rings is 1. The second kappa shape index (κ2) is 6.06. The van der Waals surface area contributed by atoms with Gasteiger partial charge in [-0.15, -0.1) is 0 Å². The van der Waals surface area contributed by atoms with Crippen LogP contribution in [-0.4, -0.2) is 49.2 Å². The standard InChI is InChI=1S/C17H24N2O2/c1-13-10-19(11-14(2)21-13)17(20)12-18-9-5-7-15-6-3-4-8-16(15)18/h3-4,6,8,13-14H,5,7,9-12H2,1-2H3. The molecule has 0 radical (unpaired) electrons. The first-order chi connectivity index (χ1) is 10.1. The molecule has 2 aliphatic rings. The fourth-order valence-electron chi connectivity index (χ4n) is 3.42. The maximum Gasteiger partial charge on any atom is 0.242 e. The Morgan fingerprint density at radius 3 is 2.71 bits per heavy atom. The molecule has 1 saturated heterocycles. The fourth-order valence-corrected chi connectivity index (χ4v) is 3.42. The van der Waals surface area contributed by atoms with Gasteiger partial charge in [-0.1, -0.05) is 18.2 Å². The van der Waals surface area contributed by atoms with Crippen LogP contribution in [0.5, 0.6) is 0 Å². The SMILES string of the molecule is CC1CN(C(=O)CN2CCCc3ccccc32)CC(C)O1. The van der Waals surface area contributed by atoms with Crippen LogP contribution in [0.15, 0.2) is 24.3 Å². The minimum absolute atomic E-state index is 0.131. The highest BCUT2D eigenvalue weighted by Gasteiger charge is 2.27. The van der Waals surface area contributed by atoms with Crippen molar-refractivity contribution in [3.63, 3.8) is 0 Å². The van der Waals surface area contributed by atoms with E-state index in [0.717, 1.165) is 19.4 Å². The molecule has 0 bridgehead atoms. The number of amides is 1. The molecule has 2 atom stereocenters. The summed E-state index contributed by atoms with van der Waals surface area (Å²) < 4.78 is 5.71. The molecule has 2 unspecified atom stereocenters. The van der Waals surface area contributed by atoms with Crippen molar-refractivity contribution >= 4 is 11.6 Å². The topological polar surface area (TPSA) is 32.8 Å². The van der Waals surface area contributed by atoms with Crippen molar-refractivity contribution < 1.29 is 9.53 Å². The number of carbonyl (C=O) groups excluding carboxylic acids is 1. The quantitative estimate of drug-likeness (QED) is 0.835. The van der Waals surface area contributed by atoms with Crippen LogP contribution in [0.3, 0.4) is 0 Å². The number of anilines is 1. The van der Waals surface area contributed by atoms with E-state index in [4.69, 9.17) is 4.74 Å². The van der Waals surface area contributed by atoms with Crippen molar-refractivity contribution in [2.24, 2.45) is 0 Å². The minimum Gasteiger partial charge on any atom is -0.372 e. The lowest BCUT2D eigenvalue weighted by molar-refractivity contribution is -0.141. The molecule has 2 aliphatic heterocycles. The summed E-state index contributed by atoms with van der Waals surface area (Å²) in [6, 6.07) is 8.44. The summed E-state index contributed by atoms with van der Waals surface area (Å²) in [6.45, 7) is 6.93. The molecule has 114 valence electrons. The zero-order valence-corrected chi connectivity index (χ0v) is 12.9. The van der Waals surface area contributed by atoms with Crippen molar-refractivity contribution in [3.8, 4) is 0 Å². The highest BCUT2D eigenvalue weighted by atomic mass is 16.5. The first-order valence-electron chi connectivity index (χ1n) is 7.89. The number of nitrogens with zero attached hydrogens (tertiary/aromatic N) is 2. The fraction of sp³-hybridized carbons (Fsp3) is 0.588. The number of hydrogen-bond donors (Lipinski definition) is 0. The Morgan fingerprint density at radius 2 is 1.95 bits per heavy atom. The Hall–Kier alpha value is -1.55. The van der Waals surface area contributed by atoms with Crippen LogP contribution < -0.4 is 4.90 Å². The number of aryl methyl sites for hydroxylation is 1. The van der Waals surface area contributed by atoms with E-state index in [1.165, 1.54) is 11.3 Å². The zero-order valence-electron chi connectivity index (χ0n) is 12.9. The largest absolute Gasteiger partial charge is 0.372 e. The van der Waals surface area contributed by atoms with Gasteiger partial charge in [0, 0.05) is 25.3 Å². The van der Waals surface area contributed by atoms with Gasteiger partial charge in [0.15, 0.2) is 0 Å². The average Bonchev–Trinajstić information content (AvgIpc) is 2.46. The van der Waals surface area contributed by atoms with E-state index >= 15 is 0 Å². The third-order valence-electron chi connectivity index (χ3n) is 4.30. The molecule has 1 fully saturated rings. The van der Waals surface area contributed by atoms with Crippen LogP contribution in [0.25, 0.3) is 0 Å². The van der Waals surface area contributed by atoms with Gasteiger partial charge in [0.05, 0.1) is 18.8 Å². The van der Waals surface area contributed by atoms with Crippen molar-refractivity contribution in [3.05, 3.63) is 29.8 Å². The number of benzene rings is 1. The van der Waals surface area contributed by atoms with Gasteiger partial charge < -0.3 is 14.5 Å². The predicted octanol–water partition coefficient (Wildman–Crippen LogP) is 2.07. The molecule has 0 saturated carbocycles. The van der Waals surface area contributed by atoms with Gasteiger partial charge in [-0.05, 0) is 38.3 Å². The summed E-state index contributed by atoms with van der Waals surface area (Å²) in [5.41, 5.74) is 2.59. The summed E-state index contributed by atoms with van der Waals surface area (Å²) in [7, 11) is 0. The van der Waals surface area contributed by atoms with Gasteiger partial charge in [-0.2, -0.15) is 0 Å². The monoisotopic (exact) mass is 288 g/mol. The Kier molecular flexibility index (Phi) is 4.15. The van der Waals surface area contributed by atoms with Crippen molar-refractivity contribution in [2.45, 2.75) is 38.9 Å². The van der Waals surface area contributed by atoms with Crippen LogP contribution in [0, 0.1) is 0 Å². The van der Waals surface area contributed by atoms with Crippen molar-refractivity contribution in [1.29, 1.82) is 0 Å². The molecule has 1 aromatic rings. The van der Waals surface area contributed by atoms with E-state index < -0.39 is 0 Å². The summed E-state index contributed by atoms with van der Waals surface area (Å²) in [5, 5.41) is 0. The summed E-state index contributed by atoms with van der Waals surface area (Å²) in [4.78, 5) is 16.8. The predicted molar refractivity (Wildman–Crippen MR) is 83.6 cm³/mol. The number of rotatable bonds is 2. The van der Waals surface area contributed by atoms with Gasteiger partial charge in [0.1, 0.15) is 0 Å². The molecular formula is C17H24N2O2. The third-order valence-corrected chi connectivity index (χ3v) is 4.30. The Labute approximate surface area is 126 Å². The van der Waals surface area contributed by atoms with Crippen LogP contribution >= 0.6 is 0 Å². The van der Waals surface area contributed by atoms with E-state index in [2.05, 4.69) is 29.2 Å². The lowest BCUT2D eigenvalue weighted by Crippen LogP contribution is -2.51. The number of para-hydroxylation sites is 1. The van der Waals surface area contributed by atoms with Gasteiger partial charge >= 0.3 is 0 Å². The van der Waals surface area contributed by atoms with E-state index in [9.17, 15) is 4.79 Å². The summed E-state index contributed by atoms with van der Waals surface area (Å²) in [6.07, 6.45) is 2.50. The lowest BCUT2D eigenvalue weighted by atomic mass is 10.0. The molecule has 1 amide bonds. The van der Waals surface area contributed by atoms with E-state index in [0.29, 0.717) is 19.6 Å². The van der Waals surface area contributed by atoms with Gasteiger partial charge in [-0.3, -0.25) is 4.79 Å². The normalized spacial score (nSPS) is 25.6. The average molecular weight is 288 g/mol. The molecule has 3 rings (SSSR count). The van der Waals surface area contributed by atoms with E-state index in [1.807, 2.05) is 18.7 Å². The number of hydrogen-bond acceptors (Lipinski definition) is 3. The molecule has 0 aromatic heterocycles. The molecule has 1 aromatic carbocycles. The third kappa shape index (κ3) is 3.21. The minimum atomic E-state index is 0.131. The molecule has 0 N–H and O–H groups in total. The van der Waals surface area contributed by atoms with Crippen LogP contribution in [0.4, 0.5) is 5.69 Å². The maximum atomic E-state index is 12.6. The Bertz CT molecular complexity index is 507. The second-order valence-corrected chi connectivity index (χ2v) is 6.21. The molecule has 4 nitrogen and oxygen atoms in total. The van der Waals surface area contributed by atoms with Crippen molar-refractivity contribution in [2.75, 3.05) is 31.1 Å². The summed E-state index contributed by atoms with van der Waals surface area (Å²) in [5.74, 6) is 0.216. The summed E-state index contributed by atoms with van der Waals surface area (Å²) >= 11 is 0. The second-order valence-electron chi connectivity index (χ2n) is 6.21.